The van der Waals surface area contributed by atoms with Gasteiger partial charge in [-0.2, -0.15) is 9.97 Å². The quantitative estimate of drug-likeness (QED) is 0.476. The molecule has 0 bridgehead atoms. The van der Waals surface area contributed by atoms with E-state index >= 15 is 0 Å². The first kappa shape index (κ1) is 26.1. The van der Waals surface area contributed by atoms with Crippen molar-refractivity contribution in [3.05, 3.63) is 52.7 Å². The molecule has 3 aliphatic heterocycles. The number of fused-ring (bicyclic) bond motifs is 2. The summed E-state index contributed by atoms with van der Waals surface area (Å²) < 4.78 is 6.19. The number of rotatable bonds is 6. The Hall–Kier alpha value is -3.14. The summed E-state index contributed by atoms with van der Waals surface area (Å²) in [7, 11) is 2.11. The molecule has 0 radical (unpaired) electrons. The predicted octanol–water partition coefficient (Wildman–Crippen LogP) is 3.59. The lowest BCUT2D eigenvalue weighted by atomic mass is 9.93. The summed E-state index contributed by atoms with van der Waals surface area (Å²) in [6.45, 7) is 3.63. The van der Waals surface area contributed by atoms with Gasteiger partial charge in [0, 0.05) is 42.3 Å². The van der Waals surface area contributed by atoms with Crippen molar-refractivity contribution in [2.75, 3.05) is 49.6 Å². The van der Waals surface area contributed by atoms with E-state index in [9.17, 15) is 15.0 Å². The monoisotopic (exact) mass is 551 g/mol. The zero-order chi connectivity index (χ0) is 27.1. The minimum Gasteiger partial charge on any atom is -0.481 e. The molecule has 3 atom stereocenters. The number of β-amino-alcohol motifs (C(OH)–C–C–N with tert-alkyl or cyclic N) is 1. The van der Waals surface area contributed by atoms with Crippen LogP contribution >= 0.6 is 11.6 Å². The fraction of sp³-hybridized carbons (Fsp3) is 0.483. The van der Waals surface area contributed by atoms with E-state index < -0.39 is 18.0 Å². The van der Waals surface area contributed by atoms with Gasteiger partial charge in [0.2, 0.25) is 0 Å². The Morgan fingerprint density at radius 3 is 2.67 bits per heavy atom. The van der Waals surface area contributed by atoms with Crippen LogP contribution in [-0.2, 0) is 17.8 Å². The number of aromatic nitrogens is 2. The highest BCUT2D eigenvalue weighted by atomic mass is 35.5. The highest BCUT2D eigenvalue weighted by Crippen LogP contribution is 2.37. The highest BCUT2D eigenvalue weighted by molar-refractivity contribution is 6.36. The Labute approximate surface area is 233 Å². The number of benzene rings is 2. The Morgan fingerprint density at radius 1 is 1.10 bits per heavy atom. The Kier molecular flexibility index (Phi) is 7.22. The first-order chi connectivity index (χ1) is 18.9. The second-order valence-corrected chi connectivity index (χ2v) is 11.3. The number of likely N-dealkylation sites (tertiary alicyclic amines) is 1. The molecular weight excluding hydrogens is 518 g/mol. The third-order valence-corrected chi connectivity index (χ3v) is 8.79. The first-order valence-electron chi connectivity index (χ1n) is 13.7. The van der Waals surface area contributed by atoms with Gasteiger partial charge in [-0.15, -0.1) is 0 Å². The van der Waals surface area contributed by atoms with Crippen molar-refractivity contribution in [2.24, 2.45) is 5.92 Å². The molecule has 0 amide bonds. The van der Waals surface area contributed by atoms with Crippen LogP contribution in [0, 0.1) is 5.92 Å². The lowest BCUT2D eigenvalue weighted by Crippen LogP contribution is -2.47. The van der Waals surface area contributed by atoms with Gasteiger partial charge >= 0.3 is 12.0 Å². The van der Waals surface area contributed by atoms with Crippen molar-refractivity contribution >= 4 is 39.8 Å². The first-order valence-corrected chi connectivity index (χ1v) is 14.1. The van der Waals surface area contributed by atoms with Gasteiger partial charge in [-0.1, -0.05) is 35.9 Å². The van der Waals surface area contributed by atoms with E-state index in [1.54, 1.807) is 0 Å². The molecule has 0 aliphatic carbocycles. The Bertz CT molecular complexity index is 1380. The molecule has 6 rings (SSSR count). The Morgan fingerprint density at radius 2 is 1.92 bits per heavy atom. The number of aliphatic hydroxyl groups excluding tert-OH is 1. The minimum atomic E-state index is -0.962. The second-order valence-electron chi connectivity index (χ2n) is 10.9. The number of piperidine rings is 1. The molecule has 0 saturated carbocycles. The van der Waals surface area contributed by atoms with Gasteiger partial charge in [0.25, 0.3) is 0 Å². The van der Waals surface area contributed by atoms with E-state index in [0.29, 0.717) is 44.6 Å². The minimum absolute atomic E-state index is 0.216. The summed E-state index contributed by atoms with van der Waals surface area (Å²) in [5.41, 5.74) is 2.99. The van der Waals surface area contributed by atoms with Crippen LogP contribution in [0.2, 0.25) is 5.02 Å². The highest BCUT2D eigenvalue weighted by Gasteiger charge is 2.36. The molecule has 3 aromatic rings. The van der Waals surface area contributed by atoms with Crippen LogP contribution in [0.3, 0.4) is 0 Å². The van der Waals surface area contributed by atoms with Gasteiger partial charge in [0.1, 0.15) is 12.4 Å². The lowest BCUT2D eigenvalue weighted by Gasteiger charge is -2.38. The SMILES string of the molecule is CN1CCC[C@H]1COc1nc2c(c(N3CC[C@@H](C(=O)O)[C@@H](O)C3)n1)CCN(c1cccc3cccc(Cl)c13)C2. The normalized spacial score (nSPS) is 23.7. The third-order valence-electron chi connectivity index (χ3n) is 8.47. The van der Waals surface area contributed by atoms with Crippen molar-refractivity contribution in [3.63, 3.8) is 0 Å². The third kappa shape index (κ3) is 5.11. The van der Waals surface area contributed by atoms with E-state index in [2.05, 4.69) is 41.1 Å². The maximum absolute atomic E-state index is 11.6. The van der Waals surface area contributed by atoms with Gasteiger partial charge in [0.05, 0.1) is 29.3 Å². The van der Waals surface area contributed by atoms with Crippen LogP contribution in [-0.4, -0.2) is 83.0 Å². The molecule has 2 aromatic carbocycles. The lowest BCUT2D eigenvalue weighted by molar-refractivity contribution is -0.146. The fourth-order valence-corrected chi connectivity index (χ4v) is 6.51. The van der Waals surface area contributed by atoms with Crippen molar-refractivity contribution in [1.29, 1.82) is 0 Å². The van der Waals surface area contributed by atoms with Crippen LogP contribution in [0.25, 0.3) is 10.8 Å². The zero-order valence-corrected chi connectivity index (χ0v) is 22.8. The number of carbonyl (C=O) groups is 1. The molecule has 4 heterocycles. The summed E-state index contributed by atoms with van der Waals surface area (Å²) in [6, 6.07) is 12.8. The van der Waals surface area contributed by atoms with E-state index in [4.69, 9.17) is 26.3 Å². The summed E-state index contributed by atoms with van der Waals surface area (Å²) in [6.07, 6.45) is 2.35. The van der Waals surface area contributed by atoms with E-state index in [1.165, 1.54) is 0 Å². The number of carboxylic acid groups (broad SMARTS) is 1. The van der Waals surface area contributed by atoms with E-state index in [-0.39, 0.29) is 6.54 Å². The number of likely N-dealkylation sites (N-methyl/N-ethyl adjacent to an activating group) is 1. The maximum atomic E-state index is 11.6. The Balaban J connectivity index is 1.33. The number of ether oxygens (including phenoxy) is 1. The van der Waals surface area contributed by atoms with Gasteiger partial charge in [-0.3, -0.25) is 4.79 Å². The van der Waals surface area contributed by atoms with Crippen LogP contribution in [0.1, 0.15) is 30.5 Å². The number of aliphatic carboxylic acids is 1. The number of hydrogen-bond acceptors (Lipinski definition) is 8. The summed E-state index contributed by atoms with van der Waals surface area (Å²) in [4.78, 5) is 27.9. The summed E-state index contributed by atoms with van der Waals surface area (Å²) >= 11 is 6.65. The zero-order valence-electron chi connectivity index (χ0n) is 22.1. The summed E-state index contributed by atoms with van der Waals surface area (Å²) in [5.74, 6) is -0.978. The predicted molar refractivity (Wildman–Crippen MR) is 151 cm³/mol. The molecule has 206 valence electrons. The molecule has 2 saturated heterocycles. The van der Waals surface area contributed by atoms with Crippen LogP contribution in [0.15, 0.2) is 36.4 Å². The van der Waals surface area contributed by atoms with Crippen molar-refractivity contribution in [1.82, 2.24) is 14.9 Å². The number of carboxylic acids is 1. The topological polar surface area (TPSA) is 102 Å². The molecule has 2 N–H and O–H groups in total. The smallest absolute Gasteiger partial charge is 0.318 e. The van der Waals surface area contributed by atoms with Crippen molar-refractivity contribution < 1.29 is 19.7 Å². The maximum Gasteiger partial charge on any atom is 0.318 e. The average Bonchev–Trinajstić information content (AvgIpc) is 3.35. The largest absolute Gasteiger partial charge is 0.481 e. The number of nitrogens with zero attached hydrogens (tertiary/aromatic N) is 5. The van der Waals surface area contributed by atoms with Crippen molar-refractivity contribution in [2.45, 2.75) is 44.4 Å². The molecular formula is C29H34ClN5O4. The summed E-state index contributed by atoms with van der Waals surface area (Å²) in [5, 5.41) is 22.9. The molecule has 39 heavy (non-hydrogen) atoms. The molecule has 1 aromatic heterocycles. The number of halogens is 1. The molecule has 10 heteroatoms. The molecule has 3 aliphatic rings. The van der Waals surface area contributed by atoms with Crippen LogP contribution in [0.5, 0.6) is 6.01 Å². The standard InChI is InChI=1S/C29H34ClN5O4/c1-33-12-4-7-19(33)17-39-29-31-23-15-34(24-9-3-6-18-5-2-8-22(30)26(18)24)13-10-20(23)27(32-29)35-14-11-21(28(37)38)25(36)16-35/h2-3,5-6,8-9,19,21,25,36H,4,7,10-17H2,1H3,(H,37,38)/t19-,21+,25-/m0/s1. The van der Waals surface area contributed by atoms with E-state index in [0.717, 1.165) is 64.5 Å². The van der Waals surface area contributed by atoms with E-state index in [1.807, 2.05) is 17.0 Å². The number of aliphatic hydroxyl groups is 1. The number of anilines is 2. The molecule has 0 spiro atoms. The van der Waals surface area contributed by atoms with Gasteiger partial charge in [-0.05, 0) is 56.8 Å². The van der Waals surface area contributed by atoms with Crippen LogP contribution in [0.4, 0.5) is 11.5 Å². The second kappa shape index (κ2) is 10.8. The van der Waals surface area contributed by atoms with Gasteiger partial charge in [-0.25, -0.2) is 0 Å². The van der Waals surface area contributed by atoms with Crippen molar-refractivity contribution in [3.8, 4) is 6.01 Å². The van der Waals surface area contributed by atoms with Gasteiger partial charge < -0.3 is 29.6 Å². The number of hydrogen-bond donors (Lipinski definition) is 2. The molecule has 9 nitrogen and oxygen atoms in total. The van der Waals surface area contributed by atoms with Crippen LogP contribution < -0.4 is 14.5 Å². The molecule has 2 fully saturated rings. The fourth-order valence-electron chi connectivity index (χ4n) is 6.23. The molecule has 0 unspecified atom stereocenters. The van der Waals surface area contributed by atoms with Gasteiger partial charge in [0.15, 0.2) is 0 Å². The average molecular weight is 552 g/mol.